The van der Waals surface area contributed by atoms with Gasteiger partial charge in [-0.15, -0.1) is 12.4 Å². The van der Waals surface area contributed by atoms with Crippen molar-refractivity contribution < 1.29 is 9.53 Å². The molecule has 2 N–H and O–H groups in total. The van der Waals surface area contributed by atoms with Gasteiger partial charge in [0.05, 0.1) is 6.42 Å². The van der Waals surface area contributed by atoms with Crippen LogP contribution in [-0.4, -0.2) is 5.97 Å². The third-order valence-corrected chi connectivity index (χ3v) is 1.93. The molecule has 1 heterocycles. The number of hydrogen-bond donors (Lipinski definition) is 1. The Morgan fingerprint density at radius 1 is 1.38 bits per heavy atom. The topological polar surface area (TPSA) is 52.3 Å². The zero-order valence-electron chi connectivity index (χ0n) is 6.90. The molecule has 1 aliphatic heterocycles. The Balaban J connectivity index is 0.000000845. The summed E-state index contributed by atoms with van der Waals surface area (Å²) in [5.74, 6) is 0.349. The van der Waals surface area contributed by atoms with Gasteiger partial charge in [-0.3, -0.25) is 4.79 Å². The summed E-state index contributed by atoms with van der Waals surface area (Å²) in [6, 6.07) is 7.14. The monoisotopic (exact) mass is 199 g/mol. The molecule has 0 saturated heterocycles. The predicted octanol–water partition coefficient (Wildman–Crippen LogP) is 1.42. The number of carbonyl (C=O) groups is 1. The molecule has 0 bridgehead atoms. The highest BCUT2D eigenvalue weighted by Gasteiger charge is 2.22. The number of para-hydroxylation sites is 1. The van der Waals surface area contributed by atoms with Gasteiger partial charge >= 0.3 is 5.97 Å². The average molecular weight is 200 g/mol. The molecule has 1 atom stereocenters. The normalized spacial score (nSPS) is 19.8. The van der Waals surface area contributed by atoms with Crippen LogP contribution in [0.25, 0.3) is 0 Å². The molecule has 3 nitrogen and oxygen atoms in total. The van der Waals surface area contributed by atoms with Crippen molar-refractivity contribution in [3.63, 3.8) is 0 Å². The van der Waals surface area contributed by atoms with Gasteiger partial charge in [-0.05, 0) is 6.07 Å². The highest BCUT2D eigenvalue weighted by atomic mass is 35.5. The summed E-state index contributed by atoms with van der Waals surface area (Å²) in [6.07, 6.45) is 0.275. The molecular weight excluding hydrogens is 190 g/mol. The van der Waals surface area contributed by atoms with E-state index in [1.165, 1.54) is 0 Å². The molecule has 0 radical (unpaired) electrons. The van der Waals surface area contributed by atoms with E-state index in [1.807, 2.05) is 18.2 Å². The number of fused-ring (bicyclic) bond motifs is 1. The van der Waals surface area contributed by atoms with Gasteiger partial charge in [0.1, 0.15) is 5.75 Å². The summed E-state index contributed by atoms with van der Waals surface area (Å²) in [5, 5.41) is 0. The zero-order chi connectivity index (χ0) is 8.55. The molecule has 1 aliphatic rings. The summed E-state index contributed by atoms with van der Waals surface area (Å²) < 4.78 is 4.98. The Morgan fingerprint density at radius 2 is 2.08 bits per heavy atom. The minimum absolute atomic E-state index is 0. The molecular formula is C9H10ClNO2. The summed E-state index contributed by atoms with van der Waals surface area (Å²) in [6.45, 7) is 0. The molecule has 0 saturated carbocycles. The Bertz CT molecular complexity index is 327. The number of benzene rings is 1. The van der Waals surface area contributed by atoms with E-state index >= 15 is 0 Å². The van der Waals surface area contributed by atoms with Crippen LogP contribution < -0.4 is 10.5 Å². The van der Waals surface area contributed by atoms with Crippen LogP contribution in [0.2, 0.25) is 0 Å². The second kappa shape index (κ2) is 3.77. The van der Waals surface area contributed by atoms with Crippen molar-refractivity contribution in [2.75, 3.05) is 0 Å². The minimum atomic E-state index is -0.249. The maximum atomic E-state index is 10.9. The average Bonchev–Trinajstić information content (AvgIpc) is 2.04. The van der Waals surface area contributed by atoms with Crippen LogP contribution in [0.15, 0.2) is 24.3 Å². The molecule has 2 rings (SSSR count). The van der Waals surface area contributed by atoms with Crippen molar-refractivity contribution in [2.24, 2.45) is 5.73 Å². The summed E-state index contributed by atoms with van der Waals surface area (Å²) in [7, 11) is 0. The first-order chi connectivity index (χ1) is 5.77. The summed E-state index contributed by atoms with van der Waals surface area (Å²) in [4.78, 5) is 10.9. The molecule has 1 unspecified atom stereocenters. The highest BCUT2D eigenvalue weighted by molar-refractivity contribution is 5.85. The van der Waals surface area contributed by atoms with Gasteiger partial charge in [0.15, 0.2) is 0 Å². The van der Waals surface area contributed by atoms with Crippen LogP contribution in [0.3, 0.4) is 0 Å². The Hall–Kier alpha value is -1.06. The molecule has 0 aromatic heterocycles. The molecule has 13 heavy (non-hydrogen) atoms. The maximum absolute atomic E-state index is 10.9. The SMILES string of the molecule is Cl.NC1CC(=O)Oc2ccccc21. The van der Waals surface area contributed by atoms with E-state index in [0.717, 1.165) is 5.56 Å². The number of esters is 1. The van der Waals surface area contributed by atoms with Crippen LogP contribution in [0.1, 0.15) is 18.0 Å². The van der Waals surface area contributed by atoms with Gasteiger partial charge in [-0.25, -0.2) is 0 Å². The van der Waals surface area contributed by atoms with Crippen LogP contribution in [-0.2, 0) is 4.79 Å². The summed E-state index contributed by atoms with van der Waals surface area (Å²) in [5.41, 5.74) is 6.65. The second-order valence-corrected chi connectivity index (χ2v) is 2.82. The lowest BCUT2D eigenvalue weighted by atomic mass is 10.0. The highest BCUT2D eigenvalue weighted by Crippen LogP contribution is 2.30. The Morgan fingerprint density at radius 3 is 2.85 bits per heavy atom. The van der Waals surface area contributed by atoms with Crippen molar-refractivity contribution in [1.29, 1.82) is 0 Å². The fourth-order valence-corrected chi connectivity index (χ4v) is 1.33. The van der Waals surface area contributed by atoms with E-state index in [4.69, 9.17) is 10.5 Å². The number of halogens is 1. The Kier molecular flexibility index (Phi) is 2.90. The van der Waals surface area contributed by atoms with E-state index in [9.17, 15) is 4.79 Å². The summed E-state index contributed by atoms with van der Waals surface area (Å²) >= 11 is 0. The van der Waals surface area contributed by atoms with Gasteiger partial charge in [-0.2, -0.15) is 0 Å². The zero-order valence-corrected chi connectivity index (χ0v) is 7.71. The van der Waals surface area contributed by atoms with Crippen LogP contribution in [0.4, 0.5) is 0 Å². The van der Waals surface area contributed by atoms with Gasteiger partial charge in [0, 0.05) is 11.6 Å². The molecule has 1 aromatic carbocycles. The lowest BCUT2D eigenvalue weighted by Gasteiger charge is -2.20. The van der Waals surface area contributed by atoms with Gasteiger partial charge in [-0.1, -0.05) is 18.2 Å². The van der Waals surface area contributed by atoms with E-state index in [1.54, 1.807) is 6.07 Å². The number of hydrogen-bond acceptors (Lipinski definition) is 3. The van der Waals surface area contributed by atoms with E-state index in [0.29, 0.717) is 5.75 Å². The lowest BCUT2D eigenvalue weighted by Crippen LogP contribution is -2.24. The van der Waals surface area contributed by atoms with Crippen molar-refractivity contribution in [1.82, 2.24) is 0 Å². The van der Waals surface area contributed by atoms with Gasteiger partial charge < -0.3 is 10.5 Å². The first-order valence-electron chi connectivity index (χ1n) is 3.82. The van der Waals surface area contributed by atoms with E-state index in [2.05, 4.69) is 0 Å². The minimum Gasteiger partial charge on any atom is -0.426 e. The maximum Gasteiger partial charge on any atom is 0.313 e. The molecule has 4 heteroatoms. The van der Waals surface area contributed by atoms with Crippen LogP contribution in [0, 0.1) is 0 Å². The fourth-order valence-electron chi connectivity index (χ4n) is 1.33. The predicted molar refractivity (Wildman–Crippen MR) is 50.9 cm³/mol. The van der Waals surface area contributed by atoms with E-state index < -0.39 is 0 Å². The van der Waals surface area contributed by atoms with Crippen molar-refractivity contribution in [3.8, 4) is 5.75 Å². The van der Waals surface area contributed by atoms with Crippen LogP contribution in [0.5, 0.6) is 5.75 Å². The molecule has 1 aromatic rings. The first kappa shape index (κ1) is 10.0. The van der Waals surface area contributed by atoms with Crippen molar-refractivity contribution in [3.05, 3.63) is 29.8 Å². The lowest BCUT2D eigenvalue weighted by molar-refractivity contribution is -0.135. The smallest absolute Gasteiger partial charge is 0.313 e. The second-order valence-electron chi connectivity index (χ2n) is 2.82. The Labute approximate surface area is 82.3 Å². The molecule has 0 amide bonds. The number of nitrogens with two attached hydrogens (primary N) is 1. The van der Waals surface area contributed by atoms with Crippen molar-refractivity contribution in [2.45, 2.75) is 12.5 Å². The fraction of sp³-hybridized carbons (Fsp3) is 0.222. The molecule has 0 fully saturated rings. The van der Waals surface area contributed by atoms with Gasteiger partial charge in [0.25, 0.3) is 0 Å². The number of carbonyl (C=O) groups excluding carboxylic acids is 1. The standard InChI is InChI=1S/C9H9NO2.ClH/c10-7-5-9(11)12-8-4-2-1-3-6(7)8;/h1-4,7H,5,10H2;1H. The van der Waals surface area contributed by atoms with Crippen LogP contribution >= 0.6 is 12.4 Å². The molecule has 0 aliphatic carbocycles. The quantitative estimate of drug-likeness (QED) is 0.508. The van der Waals surface area contributed by atoms with Crippen molar-refractivity contribution >= 4 is 18.4 Å². The van der Waals surface area contributed by atoms with Gasteiger partial charge in [0.2, 0.25) is 0 Å². The third kappa shape index (κ3) is 1.82. The number of rotatable bonds is 0. The number of ether oxygens (including phenoxy) is 1. The third-order valence-electron chi connectivity index (χ3n) is 1.93. The molecule has 0 spiro atoms. The van der Waals surface area contributed by atoms with E-state index in [-0.39, 0.29) is 30.8 Å². The largest absolute Gasteiger partial charge is 0.426 e. The molecule has 70 valence electrons. The first-order valence-corrected chi connectivity index (χ1v) is 3.82.